The zero-order valence-corrected chi connectivity index (χ0v) is 13.7. The largest absolute Gasteiger partial charge is 0.229 e. The maximum absolute atomic E-state index is 12.3. The molecule has 0 bridgehead atoms. The smallest absolute Gasteiger partial charge is 0.215 e. The summed E-state index contributed by atoms with van der Waals surface area (Å²) in [6, 6.07) is 0. The average molecular weight is 332 g/mol. The Kier molecular flexibility index (Phi) is 5.69. The lowest BCUT2D eigenvalue weighted by atomic mass is 9.97. The van der Waals surface area contributed by atoms with Crippen molar-refractivity contribution in [2.24, 2.45) is 0 Å². The molecule has 0 aromatic carbocycles. The minimum Gasteiger partial charge on any atom is -0.229 e. The van der Waals surface area contributed by atoms with Gasteiger partial charge in [0.25, 0.3) is 0 Å². The Balaban J connectivity index is 2.82. The van der Waals surface area contributed by atoms with Crippen molar-refractivity contribution in [2.45, 2.75) is 50.3 Å². The lowest BCUT2D eigenvalue weighted by Gasteiger charge is -2.33. The van der Waals surface area contributed by atoms with Crippen LogP contribution in [0.3, 0.4) is 0 Å². The molecule has 0 atom stereocenters. The van der Waals surface area contributed by atoms with Crippen LogP contribution in [-0.4, -0.2) is 45.0 Å². The number of alkyl halides is 1. The van der Waals surface area contributed by atoms with E-state index in [1.807, 2.05) is 13.8 Å². The van der Waals surface area contributed by atoms with E-state index in [1.165, 1.54) is 0 Å². The second-order valence-corrected chi connectivity index (χ2v) is 9.65. The van der Waals surface area contributed by atoms with Gasteiger partial charge in [-0.1, -0.05) is 13.8 Å². The predicted molar refractivity (Wildman–Crippen MR) is 77.8 cm³/mol. The number of sulfone groups is 1. The lowest BCUT2D eigenvalue weighted by Crippen LogP contribution is -2.53. The Bertz CT molecular complexity index is 475. The molecule has 1 N–H and O–H groups in total. The highest BCUT2D eigenvalue weighted by Gasteiger charge is 2.37. The molecule has 1 rings (SSSR count). The summed E-state index contributed by atoms with van der Waals surface area (Å²) in [4.78, 5) is 0. The molecule has 114 valence electrons. The Morgan fingerprint density at radius 1 is 1.21 bits per heavy atom. The van der Waals surface area contributed by atoms with Gasteiger partial charge in [-0.3, -0.25) is 0 Å². The summed E-state index contributed by atoms with van der Waals surface area (Å²) in [5, 5.41) is -0.628. The van der Waals surface area contributed by atoms with Crippen LogP contribution < -0.4 is 4.72 Å². The minimum atomic E-state index is -3.53. The van der Waals surface area contributed by atoms with Crippen LogP contribution in [-0.2, 0) is 19.9 Å². The first kappa shape index (κ1) is 17.2. The van der Waals surface area contributed by atoms with Gasteiger partial charge in [0.05, 0.1) is 16.8 Å². The van der Waals surface area contributed by atoms with E-state index < -0.39 is 30.6 Å². The fourth-order valence-electron chi connectivity index (χ4n) is 2.17. The highest BCUT2D eigenvalue weighted by Crippen LogP contribution is 2.24. The Labute approximate surface area is 121 Å². The number of hydrogen-bond donors (Lipinski definition) is 1. The van der Waals surface area contributed by atoms with Gasteiger partial charge in [-0.25, -0.2) is 21.6 Å². The van der Waals surface area contributed by atoms with Gasteiger partial charge in [0.1, 0.15) is 9.84 Å². The second-order valence-electron chi connectivity index (χ2n) is 5.12. The van der Waals surface area contributed by atoms with Crippen molar-refractivity contribution in [3.8, 4) is 0 Å². The molecule has 0 aromatic heterocycles. The summed E-state index contributed by atoms with van der Waals surface area (Å²) >= 11 is 5.89. The van der Waals surface area contributed by atoms with Gasteiger partial charge in [-0.15, -0.1) is 11.6 Å². The van der Waals surface area contributed by atoms with Gasteiger partial charge in [-0.05, 0) is 25.7 Å². The predicted octanol–water partition coefficient (Wildman–Crippen LogP) is 1.28. The van der Waals surface area contributed by atoms with Crippen molar-refractivity contribution in [1.82, 2.24) is 4.72 Å². The quantitative estimate of drug-likeness (QED) is 0.743. The first-order chi connectivity index (χ1) is 8.70. The van der Waals surface area contributed by atoms with Gasteiger partial charge in [0.2, 0.25) is 10.0 Å². The van der Waals surface area contributed by atoms with Crippen molar-refractivity contribution in [1.29, 1.82) is 0 Å². The van der Waals surface area contributed by atoms with Crippen LogP contribution in [0.4, 0.5) is 0 Å². The molecular formula is C11H22ClNO4S2. The molecule has 0 saturated carbocycles. The molecule has 8 heteroatoms. The molecule has 1 saturated heterocycles. The summed E-state index contributed by atoms with van der Waals surface area (Å²) in [6.45, 7) is 3.78. The Morgan fingerprint density at radius 3 is 2.05 bits per heavy atom. The fraction of sp³-hybridized carbons (Fsp3) is 1.00. The van der Waals surface area contributed by atoms with Gasteiger partial charge in [0.15, 0.2) is 0 Å². The van der Waals surface area contributed by atoms with Crippen LogP contribution in [0.5, 0.6) is 0 Å². The Hall–Kier alpha value is 0.150. The first-order valence-electron chi connectivity index (χ1n) is 6.49. The summed E-state index contributed by atoms with van der Waals surface area (Å²) in [6.07, 6.45) is 1.56. The van der Waals surface area contributed by atoms with Gasteiger partial charge < -0.3 is 0 Å². The lowest BCUT2D eigenvalue weighted by molar-refractivity contribution is 0.390. The molecule has 19 heavy (non-hydrogen) atoms. The third-order valence-corrected chi connectivity index (χ3v) is 8.20. The highest BCUT2D eigenvalue weighted by atomic mass is 35.5. The van der Waals surface area contributed by atoms with Crippen molar-refractivity contribution < 1.29 is 16.8 Å². The van der Waals surface area contributed by atoms with Crippen LogP contribution in [0.2, 0.25) is 0 Å². The molecule has 0 radical (unpaired) electrons. The summed E-state index contributed by atoms with van der Waals surface area (Å²) in [7, 11) is -6.58. The molecule has 0 spiro atoms. The molecule has 0 aromatic rings. The van der Waals surface area contributed by atoms with Crippen LogP contribution in [0.25, 0.3) is 0 Å². The minimum absolute atomic E-state index is 0.0509. The number of rotatable bonds is 6. The first-order valence-corrected chi connectivity index (χ1v) is 10.4. The van der Waals surface area contributed by atoms with Crippen LogP contribution in [0, 0.1) is 0 Å². The van der Waals surface area contributed by atoms with Crippen molar-refractivity contribution in [3.05, 3.63) is 0 Å². The second kappa shape index (κ2) is 6.28. The molecule has 0 amide bonds. The fourth-order valence-corrected chi connectivity index (χ4v) is 6.48. The van der Waals surface area contributed by atoms with E-state index in [0.717, 1.165) is 0 Å². The molecular weight excluding hydrogens is 310 g/mol. The molecule has 0 unspecified atom stereocenters. The molecule has 1 heterocycles. The van der Waals surface area contributed by atoms with E-state index in [9.17, 15) is 16.8 Å². The van der Waals surface area contributed by atoms with E-state index in [1.54, 1.807) is 0 Å². The van der Waals surface area contributed by atoms with E-state index in [-0.39, 0.29) is 30.2 Å². The molecule has 1 fully saturated rings. The van der Waals surface area contributed by atoms with E-state index in [0.29, 0.717) is 12.8 Å². The van der Waals surface area contributed by atoms with Crippen LogP contribution in [0.1, 0.15) is 39.5 Å². The highest BCUT2D eigenvalue weighted by molar-refractivity contribution is 7.92. The monoisotopic (exact) mass is 331 g/mol. The summed E-state index contributed by atoms with van der Waals surface area (Å²) < 4.78 is 50.0. The van der Waals surface area contributed by atoms with Gasteiger partial charge in [-0.2, -0.15) is 0 Å². The third-order valence-electron chi connectivity index (χ3n) is 3.91. The standard InChI is InChI=1S/C11H22ClNO4S2/c1-3-11(4-2,9-12)13-19(16,17)10-5-7-18(14,15)8-6-10/h10,13H,3-9H2,1-2H3. The topological polar surface area (TPSA) is 80.3 Å². The molecule has 1 aliphatic heterocycles. The van der Waals surface area contributed by atoms with E-state index >= 15 is 0 Å². The maximum Gasteiger partial charge on any atom is 0.215 e. The van der Waals surface area contributed by atoms with E-state index in [2.05, 4.69) is 4.72 Å². The van der Waals surface area contributed by atoms with Gasteiger partial charge >= 0.3 is 0 Å². The third kappa shape index (κ3) is 4.31. The Morgan fingerprint density at radius 2 is 1.68 bits per heavy atom. The average Bonchev–Trinajstić information content (AvgIpc) is 2.35. The summed E-state index contributed by atoms with van der Waals surface area (Å²) in [5.74, 6) is 0.111. The summed E-state index contributed by atoms with van der Waals surface area (Å²) in [5.41, 5.74) is -0.628. The normalized spacial score (nSPS) is 21.4. The zero-order chi connectivity index (χ0) is 14.7. The number of hydrogen-bond acceptors (Lipinski definition) is 4. The van der Waals surface area contributed by atoms with Crippen molar-refractivity contribution in [2.75, 3.05) is 17.4 Å². The number of sulfonamides is 1. The van der Waals surface area contributed by atoms with Crippen LogP contribution >= 0.6 is 11.6 Å². The number of halogens is 1. The molecule has 0 aliphatic carbocycles. The SMILES string of the molecule is CCC(CC)(CCl)NS(=O)(=O)C1CCS(=O)(=O)CC1. The zero-order valence-electron chi connectivity index (χ0n) is 11.4. The molecule has 1 aliphatic rings. The number of nitrogens with one attached hydrogen (secondary N) is 1. The van der Waals surface area contributed by atoms with Gasteiger partial charge in [0, 0.05) is 11.4 Å². The van der Waals surface area contributed by atoms with Crippen molar-refractivity contribution in [3.63, 3.8) is 0 Å². The molecule has 5 nitrogen and oxygen atoms in total. The van der Waals surface area contributed by atoms with Crippen LogP contribution in [0.15, 0.2) is 0 Å². The van der Waals surface area contributed by atoms with E-state index in [4.69, 9.17) is 11.6 Å². The maximum atomic E-state index is 12.3. The van der Waals surface area contributed by atoms with Crippen molar-refractivity contribution >= 4 is 31.5 Å².